The first-order chi connectivity index (χ1) is 7.88. The number of rotatable bonds is 8. The van der Waals surface area contributed by atoms with Gasteiger partial charge in [0.2, 0.25) is 5.91 Å². The summed E-state index contributed by atoms with van der Waals surface area (Å²) in [6, 6.07) is 0.117. The first-order valence-corrected chi connectivity index (χ1v) is 6.63. The van der Waals surface area contributed by atoms with Crippen LogP contribution >= 0.6 is 0 Å². The van der Waals surface area contributed by atoms with E-state index in [-0.39, 0.29) is 18.0 Å². The molecule has 0 saturated heterocycles. The monoisotopic (exact) mass is 243 g/mol. The summed E-state index contributed by atoms with van der Waals surface area (Å²) in [7, 11) is 0. The van der Waals surface area contributed by atoms with Crippen LogP contribution < -0.4 is 11.1 Å². The molecule has 0 aromatic carbocycles. The Morgan fingerprint density at radius 3 is 2.24 bits per heavy atom. The van der Waals surface area contributed by atoms with Gasteiger partial charge in [0.25, 0.3) is 0 Å². The third-order valence-corrected chi connectivity index (χ3v) is 2.61. The van der Waals surface area contributed by atoms with Crippen molar-refractivity contribution in [3.05, 3.63) is 0 Å². The van der Waals surface area contributed by atoms with E-state index in [1.54, 1.807) is 0 Å². The average molecular weight is 243 g/mol. The molecule has 0 aliphatic rings. The molecule has 1 amide bonds. The summed E-state index contributed by atoms with van der Waals surface area (Å²) in [5.41, 5.74) is 5.54. The Labute approximate surface area is 106 Å². The van der Waals surface area contributed by atoms with E-state index >= 15 is 0 Å². The predicted octanol–water partition coefficient (Wildman–Crippen LogP) is 1.21. The minimum Gasteiger partial charge on any atom is -0.353 e. The van der Waals surface area contributed by atoms with Gasteiger partial charge in [-0.3, -0.25) is 9.69 Å². The van der Waals surface area contributed by atoms with Crippen LogP contribution in [0.4, 0.5) is 0 Å². The second-order valence-electron chi connectivity index (χ2n) is 5.37. The van der Waals surface area contributed by atoms with E-state index in [2.05, 4.69) is 24.1 Å². The highest BCUT2D eigenvalue weighted by Gasteiger charge is 2.21. The third-order valence-electron chi connectivity index (χ3n) is 2.61. The minimum atomic E-state index is -0.0775. The third kappa shape index (κ3) is 7.34. The first-order valence-electron chi connectivity index (χ1n) is 6.63. The van der Waals surface area contributed by atoms with E-state index in [4.69, 9.17) is 5.73 Å². The number of carbonyl (C=O) groups is 1. The average Bonchev–Trinajstić information content (AvgIpc) is 2.21. The van der Waals surface area contributed by atoms with Gasteiger partial charge in [0.05, 0.1) is 6.04 Å². The predicted molar refractivity (Wildman–Crippen MR) is 72.8 cm³/mol. The Balaban J connectivity index is 4.38. The highest BCUT2D eigenvalue weighted by Crippen LogP contribution is 2.06. The second-order valence-corrected chi connectivity index (χ2v) is 5.37. The lowest BCUT2D eigenvalue weighted by Gasteiger charge is -2.30. The normalized spacial score (nSPS) is 13.5. The SMILES string of the molecule is CC(C)CN(CCCN)C(C)C(=O)NC(C)C. The van der Waals surface area contributed by atoms with Gasteiger partial charge in [0, 0.05) is 19.1 Å². The molecule has 0 heterocycles. The van der Waals surface area contributed by atoms with Crippen LogP contribution in [-0.4, -0.2) is 42.5 Å². The van der Waals surface area contributed by atoms with Crippen LogP contribution in [0.15, 0.2) is 0 Å². The molecule has 17 heavy (non-hydrogen) atoms. The Morgan fingerprint density at radius 1 is 1.24 bits per heavy atom. The fourth-order valence-electron chi connectivity index (χ4n) is 1.78. The number of hydrogen-bond acceptors (Lipinski definition) is 3. The Hall–Kier alpha value is -0.610. The quantitative estimate of drug-likeness (QED) is 0.673. The van der Waals surface area contributed by atoms with Gasteiger partial charge < -0.3 is 11.1 Å². The van der Waals surface area contributed by atoms with E-state index in [0.717, 1.165) is 19.5 Å². The molecule has 0 fully saturated rings. The van der Waals surface area contributed by atoms with E-state index in [0.29, 0.717) is 12.5 Å². The van der Waals surface area contributed by atoms with Crippen molar-refractivity contribution < 1.29 is 4.79 Å². The molecule has 0 aromatic rings. The van der Waals surface area contributed by atoms with Gasteiger partial charge in [-0.1, -0.05) is 13.8 Å². The summed E-state index contributed by atoms with van der Waals surface area (Å²) in [6.07, 6.45) is 0.937. The van der Waals surface area contributed by atoms with Crippen molar-refractivity contribution >= 4 is 5.91 Å². The topological polar surface area (TPSA) is 58.4 Å². The molecule has 0 radical (unpaired) electrons. The number of carbonyl (C=O) groups excluding carboxylic acids is 1. The summed E-state index contributed by atoms with van der Waals surface area (Å²) in [5, 5.41) is 2.96. The van der Waals surface area contributed by atoms with Crippen LogP contribution in [-0.2, 0) is 4.79 Å². The van der Waals surface area contributed by atoms with E-state index in [1.165, 1.54) is 0 Å². The number of nitrogens with zero attached hydrogens (tertiary/aromatic N) is 1. The number of nitrogens with two attached hydrogens (primary N) is 1. The smallest absolute Gasteiger partial charge is 0.237 e. The van der Waals surface area contributed by atoms with Crippen molar-refractivity contribution in [2.45, 2.75) is 53.1 Å². The van der Waals surface area contributed by atoms with Gasteiger partial charge in [-0.2, -0.15) is 0 Å². The fraction of sp³-hybridized carbons (Fsp3) is 0.923. The van der Waals surface area contributed by atoms with Crippen molar-refractivity contribution in [3.63, 3.8) is 0 Å². The summed E-state index contributed by atoms with van der Waals surface area (Å²) in [5.74, 6) is 0.666. The van der Waals surface area contributed by atoms with Crippen LogP contribution in [0, 0.1) is 5.92 Å². The van der Waals surface area contributed by atoms with Gasteiger partial charge in [-0.25, -0.2) is 0 Å². The number of amides is 1. The Morgan fingerprint density at radius 2 is 1.82 bits per heavy atom. The lowest BCUT2D eigenvalue weighted by molar-refractivity contribution is -0.126. The first kappa shape index (κ1) is 16.4. The maximum absolute atomic E-state index is 12.0. The molecule has 0 spiro atoms. The van der Waals surface area contributed by atoms with Crippen molar-refractivity contribution in [3.8, 4) is 0 Å². The Bertz CT molecular complexity index is 217. The molecule has 0 aromatic heterocycles. The minimum absolute atomic E-state index is 0.0775. The van der Waals surface area contributed by atoms with Gasteiger partial charge in [0.1, 0.15) is 0 Å². The fourth-order valence-corrected chi connectivity index (χ4v) is 1.78. The van der Waals surface area contributed by atoms with Crippen LogP contribution in [0.2, 0.25) is 0 Å². The molecule has 102 valence electrons. The van der Waals surface area contributed by atoms with Crippen LogP contribution in [0.25, 0.3) is 0 Å². The van der Waals surface area contributed by atoms with Crippen LogP contribution in [0.3, 0.4) is 0 Å². The second kappa shape index (κ2) is 8.48. The molecule has 0 rings (SSSR count). The number of nitrogens with one attached hydrogen (secondary N) is 1. The highest BCUT2D eigenvalue weighted by atomic mass is 16.2. The van der Waals surface area contributed by atoms with E-state index in [9.17, 15) is 4.79 Å². The molecule has 3 N–H and O–H groups in total. The van der Waals surface area contributed by atoms with Crippen LogP contribution in [0.5, 0.6) is 0 Å². The molecule has 0 saturated carbocycles. The summed E-state index contributed by atoms with van der Waals surface area (Å²) in [4.78, 5) is 14.2. The lowest BCUT2D eigenvalue weighted by atomic mass is 10.1. The zero-order valence-electron chi connectivity index (χ0n) is 12.0. The molecule has 1 unspecified atom stereocenters. The van der Waals surface area contributed by atoms with Crippen molar-refractivity contribution in [2.75, 3.05) is 19.6 Å². The molecular weight excluding hydrogens is 214 g/mol. The standard InChI is InChI=1S/C13H29N3O/c1-10(2)9-16(8-6-7-14)12(5)13(17)15-11(3)4/h10-12H,6-9,14H2,1-5H3,(H,15,17). The number of hydrogen-bond donors (Lipinski definition) is 2. The molecule has 0 bridgehead atoms. The summed E-state index contributed by atoms with van der Waals surface area (Å²) >= 11 is 0. The van der Waals surface area contributed by atoms with Gasteiger partial charge in [-0.05, 0) is 39.7 Å². The lowest BCUT2D eigenvalue weighted by Crippen LogP contribution is -2.48. The maximum Gasteiger partial charge on any atom is 0.237 e. The van der Waals surface area contributed by atoms with Crippen molar-refractivity contribution in [2.24, 2.45) is 11.7 Å². The van der Waals surface area contributed by atoms with E-state index < -0.39 is 0 Å². The zero-order valence-corrected chi connectivity index (χ0v) is 12.0. The molecule has 0 aliphatic carbocycles. The molecule has 4 nitrogen and oxygen atoms in total. The molecular formula is C13H29N3O. The summed E-state index contributed by atoms with van der Waals surface area (Å²) < 4.78 is 0. The largest absolute Gasteiger partial charge is 0.353 e. The van der Waals surface area contributed by atoms with E-state index in [1.807, 2.05) is 20.8 Å². The summed E-state index contributed by atoms with van der Waals surface area (Å²) in [6.45, 7) is 12.8. The van der Waals surface area contributed by atoms with Crippen LogP contribution in [0.1, 0.15) is 41.0 Å². The van der Waals surface area contributed by atoms with Crippen molar-refractivity contribution in [1.82, 2.24) is 10.2 Å². The van der Waals surface area contributed by atoms with Gasteiger partial charge in [-0.15, -0.1) is 0 Å². The van der Waals surface area contributed by atoms with Gasteiger partial charge >= 0.3 is 0 Å². The van der Waals surface area contributed by atoms with Crippen molar-refractivity contribution in [1.29, 1.82) is 0 Å². The Kier molecular flexibility index (Phi) is 8.17. The molecule has 1 atom stereocenters. The molecule has 4 heteroatoms. The molecule has 0 aliphatic heterocycles. The maximum atomic E-state index is 12.0. The van der Waals surface area contributed by atoms with Gasteiger partial charge in [0.15, 0.2) is 0 Å². The highest BCUT2D eigenvalue weighted by molar-refractivity contribution is 5.81. The zero-order chi connectivity index (χ0) is 13.4.